The van der Waals surface area contributed by atoms with Crippen LogP contribution in [0.1, 0.15) is 32.1 Å². The van der Waals surface area contributed by atoms with Crippen molar-refractivity contribution in [1.82, 2.24) is 0 Å². The van der Waals surface area contributed by atoms with Gasteiger partial charge in [-0.2, -0.15) is 0 Å². The highest BCUT2D eigenvalue weighted by Crippen LogP contribution is 2.39. The number of amides is 1. The summed E-state index contributed by atoms with van der Waals surface area (Å²) in [6.07, 6.45) is 4.20. The molecule has 1 aliphatic carbocycles. The van der Waals surface area contributed by atoms with E-state index in [9.17, 15) is 4.79 Å². The Morgan fingerprint density at radius 2 is 1.85 bits per heavy atom. The molecule has 2 rings (SSSR count). The van der Waals surface area contributed by atoms with Crippen LogP contribution in [0.25, 0.3) is 0 Å². The highest BCUT2D eigenvalue weighted by atomic mass is 16.4. The molecule has 3 N–H and O–H groups in total. The predicted molar refractivity (Wildman–Crippen MR) is 78.8 cm³/mol. The largest absolute Gasteiger partial charge is 0.409 e. The first kappa shape index (κ1) is 14.4. The summed E-state index contributed by atoms with van der Waals surface area (Å²) in [5, 5.41) is 12.2. The average Bonchev–Trinajstić information content (AvgIpc) is 2.54. The SMILES string of the molecule is CN(C(=O)C1(C(N)=NO)CCCCC1)c1ccccc1. The number of hydrogen-bond donors (Lipinski definition) is 2. The van der Waals surface area contributed by atoms with Gasteiger partial charge in [0.25, 0.3) is 0 Å². The summed E-state index contributed by atoms with van der Waals surface area (Å²) in [6, 6.07) is 9.43. The van der Waals surface area contributed by atoms with Crippen LogP contribution in [-0.2, 0) is 4.79 Å². The van der Waals surface area contributed by atoms with Crippen molar-refractivity contribution in [1.29, 1.82) is 0 Å². The van der Waals surface area contributed by atoms with Crippen LogP contribution >= 0.6 is 0 Å². The molecule has 0 spiro atoms. The maximum absolute atomic E-state index is 12.9. The smallest absolute Gasteiger partial charge is 0.240 e. The van der Waals surface area contributed by atoms with Crippen LogP contribution in [0.15, 0.2) is 35.5 Å². The summed E-state index contributed by atoms with van der Waals surface area (Å²) in [7, 11) is 1.73. The number of para-hydroxylation sites is 1. The Balaban J connectivity index is 2.32. The Hall–Kier alpha value is -2.04. The van der Waals surface area contributed by atoms with E-state index >= 15 is 0 Å². The van der Waals surface area contributed by atoms with Crippen LogP contribution in [0.4, 0.5) is 5.69 Å². The van der Waals surface area contributed by atoms with Crippen molar-refractivity contribution in [2.75, 3.05) is 11.9 Å². The van der Waals surface area contributed by atoms with Crippen LogP contribution in [0, 0.1) is 5.41 Å². The molecular weight excluding hydrogens is 254 g/mol. The van der Waals surface area contributed by atoms with Crippen molar-refractivity contribution in [3.63, 3.8) is 0 Å². The van der Waals surface area contributed by atoms with Gasteiger partial charge < -0.3 is 15.8 Å². The molecule has 5 nitrogen and oxygen atoms in total. The van der Waals surface area contributed by atoms with Gasteiger partial charge in [-0.1, -0.05) is 42.6 Å². The minimum absolute atomic E-state index is 0.0324. The van der Waals surface area contributed by atoms with E-state index in [0.717, 1.165) is 24.9 Å². The van der Waals surface area contributed by atoms with Crippen molar-refractivity contribution in [2.24, 2.45) is 16.3 Å². The molecule has 0 bridgehead atoms. The molecule has 0 aliphatic heterocycles. The lowest BCUT2D eigenvalue weighted by Gasteiger charge is -2.37. The van der Waals surface area contributed by atoms with Gasteiger partial charge in [0, 0.05) is 12.7 Å². The number of nitrogens with zero attached hydrogens (tertiary/aromatic N) is 2. The fourth-order valence-corrected chi connectivity index (χ4v) is 2.92. The third-order valence-electron chi connectivity index (χ3n) is 4.16. The van der Waals surface area contributed by atoms with Crippen molar-refractivity contribution in [2.45, 2.75) is 32.1 Å². The molecule has 0 aromatic heterocycles. The third kappa shape index (κ3) is 2.48. The van der Waals surface area contributed by atoms with E-state index in [1.54, 1.807) is 11.9 Å². The standard InChI is InChI=1S/C15H21N3O2/c1-18(12-8-4-2-5-9-12)14(19)15(13(16)17-20)10-6-3-7-11-15/h2,4-5,8-9,20H,3,6-7,10-11H2,1H3,(H2,16,17). The number of anilines is 1. The van der Waals surface area contributed by atoms with E-state index in [-0.39, 0.29) is 11.7 Å². The third-order valence-corrected chi connectivity index (χ3v) is 4.16. The van der Waals surface area contributed by atoms with E-state index in [2.05, 4.69) is 5.16 Å². The molecule has 108 valence electrons. The molecule has 0 atom stereocenters. The fraction of sp³-hybridized carbons (Fsp3) is 0.467. The molecule has 5 heteroatoms. The number of amidine groups is 1. The number of carbonyl (C=O) groups excluding carboxylic acids is 1. The Labute approximate surface area is 119 Å². The molecule has 0 saturated heterocycles. The number of hydrogen-bond acceptors (Lipinski definition) is 3. The number of carbonyl (C=O) groups is 1. The fourth-order valence-electron chi connectivity index (χ4n) is 2.92. The highest BCUT2D eigenvalue weighted by Gasteiger charge is 2.45. The zero-order chi connectivity index (χ0) is 14.6. The Morgan fingerprint density at radius 1 is 1.25 bits per heavy atom. The molecule has 1 fully saturated rings. The average molecular weight is 275 g/mol. The van der Waals surface area contributed by atoms with Gasteiger partial charge >= 0.3 is 0 Å². The van der Waals surface area contributed by atoms with Gasteiger partial charge in [0.2, 0.25) is 5.91 Å². The minimum atomic E-state index is -0.864. The first-order valence-electron chi connectivity index (χ1n) is 6.93. The molecule has 1 aromatic rings. The summed E-state index contributed by atoms with van der Waals surface area (Å²) in [6.45, 7) is 0. The maximum atomic E-state index is 12.9. The van der Waals surface area contributed by atoms with Gasteiger partial charge in [0.1, 0.15) is 5.41 Å². The number of benzene rings is 1. The zero-order valence-electron chi connectivity index (χ0n) is 11.7. The maximum Gasteiger partial charge on any atom is 0.240 e. The summed E-state index contributed by atoms with van der Waals surface area (Å²) in [5.41, 5.74) is 5.80. The summed E-state index contributed by atoms with van der Waals surface area (Å²) in [5.74, 6) is -0.0660. The second-order valence-corrected chi connectivity index (χ2v) is 5.33. The van der Waals surface area contributed by atoms with E-state index < -0.39 is 5.41 Å². The molecule has 0 heterocycles. The van der Waals surface area contributed by atoms with E-state index in [1.165, 1.54) is 0 Å². The second kappa shape index (κ2) is 5.94. The van der Waals surface area contributed by atoms with Crippen LogP contribution < -0.4 is 10.6 Å². The number of oxime groups is 1. The molecule has 1 aliphatic rings. The summed E-state index contributed by atoms with van der Waals surface area (Å²) in [4.78, 5) is 14.5. The molecule has 1 amide bonds. The Bertz CT molecular complexity index is 493. The topological polar surface area (TPSA) is 78.9 Å². The van der Waals surface area contributed by atoms with E-state index in [0.29, 0.717) is 12.8 Å². The minimum Gasteiger partial charge on any atom is -0.409 e. The van der Waals surface area contributed by atoms with Crippen LogP contribution in [0.5, 0.6) is 0 Å². The molecule has 0 unspecified atom stereocenters. The normalized spacial score (nSPS) is 18.6. The Kier molecular flexibility index (Phi) is 4.27. The van der Waals surface area contributed by atoms with E-state index in [4.69, 9.17) is 10.9 Å². The second-order valence-electron chi connectivity index (χ2n) is 5.33. The zero-order valence-corrected chi connectivity index (χ0v) is 11.7. The van der Waals surface area contributed by atoms with Gasteiger partial charge in [-0.25, -0.2) is 0 Å². The van der Waals surface area contributed by atoms with Crippen molar-refractivity contribution < 1.29 is 10.0 Å². The lowest BCUT2D eigenvalue weighted by Crippen LogP contribution is -2.51. The quantitative estimate of drug-likeness (QED) is 0.384. The number of rotatable bonds is 3. The van der Waals surface area contributed by atoms with Gasteiger partial charge in [0.05, 0.1) is 0 Å². The monoisotopic (exact) mass is 275 g/mol. The van der Waals surface area contributed by atoms with Gasteiger partial charge in [-0.05, 0) is 25.0 Å². The summed E-state index contributed by atoms with van der Waals surface area (Å²) < 4.78 is 0. The molecule has 1 saturated carbocycles. The van der Waals surface area contributed by atoms with Gasteiger partial charge in [0.15, 0.2) is 5.84 Å². The molecular formula is C15H21N3O2. The van der Waals surface area contributed by atoms with Crippen LogP contribution in [0.3, 0.4) is 0 Å². The molecule has 1 aromatic carbocycles. The van der Waals surface area contributed by atoms with Crippen LogP contribution in [0.2, 0.25) is 0 Å². The van der Waals surface area contributed by atoms with E-state index in [1.807, 2.05) is 30.3 Å². The highest BCUT2D eigenvalue weighted by molar-refractivity contribution is 6.12. The van der Waals surface area contributed by atoms with Crippen molar-refractivity contribution in [3.05, 3.63) is 30.3 Å². The summed E-state index contributed by atoms with van der Waals surface area (Å²) >= 11 is 0. The molecule has 0 radical (unpaired) electrons. The number of nitrogens with two attached hydrogens (primary N) is 1. The van der Waals surface area contributed by atoms with Gasteiger partial charge in [-0.3, -0.25) is 4.79 Å². The van der Waals surface area contributed by atoms with Crippen LogP contribution in [-0.4, -0.2) is 24.0 Å². The first-order chi connectivity index (χ1) is 9.62. The van der Waals surface area contributed by atoms with Crippen molar-refractivity contribution >= 4 is 17.4 Å². The molecule has 20 heavy (non-hydrogen) atoms. The predicted octanol–water partition coefficient (Wildman–Crippen LogP) is 2.35. The first-order valence-corrected chi connectivity index (χ1v) is 6.93. The lowest BCUT2D eigenvalue weighted by atomic mass is 9.72. The lowest BCUT2D eigenvalue weighted by molar-refractivity contribution is -0.126. The van der Waals surface area contributed by atoms with Gasteiger partial charge in [-0.15, -0.1) is 0 Å². The Morgan fingerprint density at radius 3 is 2.40 bits per heavy atom. The van der Waals surface area contributed by atoms with Crippen molar-refractivity contribution in [3.8, 4) is 0 Å².